The van der Waals surface area contributed by atoms with Gasteiger partial charge in [-0.05, 0) is 53.8 Å². The molecule has 2 heterocycles. The third-order valence-corrected chi connectivity index (χ3v) is 5.87. The summed E-state index contributed by atoms with van der Waals surface area (Å²) in [6.07, 6.45) is 3.23. The molecule has 174 valence electrons. The molecule has 1 N–H and O–H groups in total. The SMILES string of the molecule is CCOc1cccc(/C(O)=C2\C(=O)C(=O)N(c3ccc(C(C)(C)C)cc3)C2c2cccnc2)c1. The Morgan fingerprint density at radius 2 is 1.79 bits per heavy atom. The molecule has 0 bridgehead atoms. The number of hydrogen-bond donors (Lipinski definition) is 1. The average Bonchev–Trinajstić information content (AvgIpc) is 3.09. The van der Waals surface area contributed by atoms with Crippen molar-refractivity contribution in [2.24, 2.45) is 0 Å². The minimum absolute atomic E-state index is 0.0200. The van der Waals surface area contributed by atoms with E-state index in [1.54, 1.807) is 48.8 Å². The smallest absolute Gasteiger partial charge is 0.300 e. The Bertz CT molecular complexity index is 1240. The van der Waals surface area contributed by atoms with Crippen molar-refractivity contribution in [3.8, 4) is 5.75 Å². The fourth-order valence-electron chi connectivity index (χ4n) is 4.13. The van der Waals surface area contributed by atoms with Crippen molar-refractivity contribution in [1.29, 1.82) is 0 Å². The van der Waals surface area contributed by atoms with Gasteiger partial charge in [-0.25, -0.2) is 0 Å². The number of aromatic nitrogens is 1. The zero-order valence-electron chi connectivity index (χ0n) is 19.8. The number of aliphatic hydroxyl groups excluding tert-OH is 1. The van der Waals surface area contributed by atoms with Crippen molar-refractivity contribution >= 4 is 23.1 Å². The predicted molar refractivity (Wildman–Crippen MR) is 132 cm³/mol. The third kappa shape index (κ3) is 4.31. The van der Waals surface area contributed by atoms with Gasteiger partial charge in [-0.15, -0.1) is 0 Å². The van der Waals surface area contributed by atoms with Crippen LogP contribution < -0.4 is 9.64 Å². The van der Waals surface area contributed by atoms with Crippen molar-refractivity contribution in [1.82, 2.24) is 4.98 Å². The lowest BCUT2D eigenvalue weighted by atomic mass is 9.87. The molecule has 34 heavy (non-hydrogen) atoms. The number of pyridine rings is 1. The van der Waals surface area contributed by atoms with Gasteiger partial charge in [-0.3, -0.25) is 19.5 Å². The molecule has 1 aliphatic rings. The van der Waals surface area contributed by atoms with Crippen LogP contribution in [0.2, 0.25) is 0 Å². The number of anilines is 1. The van der Waals surface area contributed by atoms with Gasteiger partial charge in [0.15, 0.2) is 0 Å². The first-order chi connectivity index (χ1) is 16.2. The maximum atomic E-state index is 13.3. The molecule has 1 aromatic heterocycles. The van der Waals surface area contributed by atoms with Crippen LogP contribution in [0.25, 0.3) is 5.76 Å². The van der Waals surface area contributed by atoms with Crippen LogP contribution in [0.3, 0.4) is 0 Å². The van der Waals surface area contributed by atoms with Crippen molar-refractivity contribution in [3.63, 3.8) is 0 Å². The average molecular weight is 457 g/mol. The first kappa shape index (κ1) is 23.2. The summed E-state index contributed by atoms with van der Waals surface area (Å²) in [7, 11) is 0. The van der Waals surface area contributed by atoms with E-state index in [1.165, 1.54) is 4.90 Å². The molecule has 1 aliphatic heterocycles. The zero-order chi connectivity index (χ0) is 24.5. The van der Waals surface area contributed by atoms with Crippen LogP contribution in [0.15, 0.2) is 78.6 Å². The van der Waals surface area contributed by atoms with Gasteiger partial charge in [0.1, 0.15) is 11.5 Å². The number of carbonyl (C=O) groups excluding carboxylic acids is 2. The monoisotopic (exact) mass is 456 g/mol. The van der Waals surface area contributed by atoms with E-state index in [0.29, 0.717) is 29.2 Å². The minimum Gasteiger partial charge on any atom is -0.507 e. The summed E-state index contributed by atoms with van der Waals surface area (Å²) >= 11 is 0. The first-order valence-electron chi connectivity index (χ1n) is 11.3. The maximum Gasteiger partial charge on any atom is 0.300 e. The van der Waals surface area contributed by atoms with E-state index in [9.17, 15) is 14.7 Å². The molecule has 1 saturated heterocycles. The minimum atomic E-state index is -0.815. The van der Waals surface area contributed by atoms with Crippen LogP contribution >= 0.6 is 0 Å². The topological polar surface area (TPSA) is 79.7 Å². The zero-order valence-corrected chi connectivity index (χ0v) is 19.8. The van der Waals surface area contributed by atoms with Crippen molar-refractivity contribution in [2.75, 3.05) is 11.5 Å². The Morgan fingerprint density at radius 3 is 2.41 bits per heavy atom. The summed E-state index contributed by atoms with van der Waals surface area (Å²) in [5.74, 6) is -1.12. The van der Waals surface area contributed by atoms with Gasteiger partial charge in [-0.2, -0.15) is 0 Å². The Balaban J connectivity index is 1.87. The third-order valence-electron chi connectivity index (χ3n) is 5.87. The number of ketones is 1. The second-order valence-corrected chi connectivity index (χ2v) is 9.21. The van der Waals surface area contributed by atoms with Crippen LogP contribution in [-0.2, 0) is 15.0 Å². The van der Waals surface area contributed by atoms with Crippen molar-refractivity contribution in [2.45, 2.75) is 39.2 Å². The van der Waals surface area contributed by atoms with E-state index >= 15 is 0 Å². The second-order valence-electron chi connectivity index (χ2n) is 9.21. The number of ether oxygens (including phenoxy) is 1. The van der Waals surface area contributed by atoms with Gasteiger partial charge in [0.2, 0.25) is 0 Å². The van der Waals surface area contributed by atoms with Crippen molar-refractivity contribution < 1.29 is 19.4 Å². The predicted octanol–water partition coefficient (Wildman–Crippen LogP) is 5.40. The summed E-state index contributed by atoms with van der Waals surface area (Å²) in [5.41, 5.74) is 2.68. The molecule has 6 heteroatoms. The maximum absolute atomic E-state index is 13.3. The number of rotatable bonds is 5. The first-order valence-corrected chi connectivity index (χ1v) is 11.3. The lowest BCUT2D eigenvalue weighted by molar-refractivity contribution is -0.132. The molecule has 4 rings (SSSR count). The van der Waals surface area contributed by atoms with Crippen molar-refractivity contribution in [3.05, 3.63) is 95.3 Å². The quantitative estimate of drug-likeness (QED) is 0.316. The summed E-state index contributed by atoms with van der Waals surface area (Å²) in [4.78, 5) is 32.2. The molecular weight excluding hydrogens is 428 g/mol. The summed E-state index contributed by atoms with van der Waals surface area (Å²) < 4.78 is 5.54. The van der Waals surface area contributed by atoms with Crippen LogP contribution in [0.5, 0.6) is 5.75 Å². The molecular formula is C28H28N2O4. The highest BCUT2D eigenvalue weighted by Gasteiger charge is 2.47. The Morgan fingerprint density at radius 1 is 1.06 bits per heavy atom. The van der Waals surface area contributed by atoms with E-state index in [2.05, 4.69) is 25.8 Å². The molecule has 2 aromatic carbocycles. The molecule has 1 fully saturated rings. The molecule has 1 amide bonds. The largest absolute Gasteiger partial charge is 0.507 e. The molecule has 0 aliphatic carbocycles. The van der Waals surface area contributed by atoms with Gasteiger partial charge in [0, 0.05) is 23.6 Å². The number of amides is 1. The molecule has 0 saturated carbocycles. The number of hydrogen-bond acceptors (Lipinski definition) is 5. The van der Waals surface area contributed by atoms with E-state index in [4.69, 9.17) is 4.74 Å². The highest BCUT2D eigenvalue weighted by atomic mass is 16.5. The summed E-state index contributed by atoms with van der Waals surface area (Å²) in [5, 5.41) is 11.3. The molecule has 1 atom stereocenters. The van der Waals surface area contributed by atoms with Gasteiger partial charge in [0.05, 0.1) is 18.2 Å². The number of carbonyl (C=O) groups is 2. The number of benzene rings is 2. The molecule has 0 radical (unpaired) electrons. The van der Waals surface area contributed by atoms with Gasteiger partial charge >= 0.3 is 0 Å². The standard InChI is InChI=1S/C28H28N2O4/c1-5-34-22-10-6-8-18(16-22)25(31)23-24(19-9-7-15-29-17-19)30(27(33)26(23)32)21-13-11-20(12-14-21)28(2,3)4/h6-17,24,31H,5H2,1-4H3/b25-23+. The highest BCUT2D eigenvalue weighted by Crippen LogP contribution is 2.42. The fourth-order valence-corrected chi connectivity index (χ4v) is 4.13. The Kier molecular flexibility index (Phi) is 6.24. The number of nitrogens with zero attached hydrogens (tertiary/aromatic N) is 2. The molecule has 6 nitrogen and oxygen atoms in total. The van der Waals surface area contributed by atoms with Gasteiger partial charge < -0.3 is 9.84 Å². The number of Topliss-reactive ketones (excluding diaryl/α,β-unsaturated/α-hetero) is 1. The van der Waals surface area contributed by atoms with Crippen LogP contribution in [0.4, 0.5) is 5.69 Å². The Hall–Kier alpha value is -3.93. The fraction of sp³-hybridized carbons (Fsp3) is 0.250. The van der Waals surface area contributed by atoms with Gasteiger partial charge in [0.25, 0.3) is 11.7 Å². The summed E-state index contributed by atoms with van der Waals surface area (Å²) in [6.45, 7) is 8.67. The lowest BCUT2D eigenvalue weighted by Crippen LogP contribution is -2.29. The second kappa shape index (κ2) is 9.14. The lowest BCUT2D eigenvalue weighted by Gasteiger charge is -2.26. The van der Waals surface area contributed by atoms with E-state index < -0.39 is 17.7 Å². The van der Waals surface area contributed by atoms with Crippen LogP contribution in [-0.4, -0.2) is 28.4 Å². The molecule has 1 unspecified atom stereocenters. The van der Waals surface area contributed by atoms with E-state index in [1.807, 2.05) is 31.2 Å². The van der Waals surface area contributed by atoms with E-state index in [0.717, 1.165) is 5.56 Å². The number of aliphatic hydroxyl groups is 1. The molecule has 0 spiro atoms. The highest BCUT2D eigenvalue weighted by molar-refractivity contribution is 6.51. The Labute approximate surface area is 199 Å². The molecule has 3 aromatic rings. The normalized spacial score (nSPS) is 17.8. The van der Waals surface area contributed by atoms with Crippen LogP contribution in [0, 0.1) is 0 Å². The van der Waals surface area contributed by atoms with Crippen LogP contribution in [0.1, 0.15) is 50.4 Å². The van der Waals surface area contributed by atoms with Gasteiger partial charge in [-0.1, -0.05) is 51.1 Å². The van der Waals surface area contributed by atoms with E-state index in [-0.39, 0.29) is 16.7 Å². The summed E-state index contributed by atoms with van der Waals surface area (Å²) in [6, 6.07) is 17.2.